The molecule has 41 heavy (non-hydrogen) atoms. The van der Waals surface area contributed by atoms with Crippen molar-refractivity contribution in [3.63, 3.8) is 0 Å². The highest BCUT2D eigenvalue weighted by molar-refractivity contribution is 9.10. The average molecular weight is 625 g/mol. The minimum absolute atomic E-state index is 0.0187. The fourth-order valence-electron chi connectivity index (χ4n) is 5.58. The second-order valence-electron chi connectivity index (χ2n) is 11.2. The van der Waals surface area contributed by atoms with Gasteiger partial charge in [-0.15, -0.1) is 0 Å². The second-order valence-corrected chi connectivity index (χ2v) is 12.1. The van der Waals surface area contributed by atoms with E-state index in [0.717, 1.165) is 42.4 Å². The number of benzene rings is 2. The molecule has 1 aromatic heterocycles. The van der Waals surface area contributed by atoms with E-state index in [2.05, 4.69) is 70.9 Å². The first-order valence-electron chi connectivity index (χ1n) is 14.5. The van der Waals surface area contributed by atoms with Gasteiger partial charge < -0.3 is 23.8 Å². The number of amides is 2. The number of carbonyl (C=O) groups is 2. The van der Waals surface area contributed by atoms with Gasteiger partial charge in [-0.05, 0) is 60.7 Å². The number of nitrogens with zero attached hydrogens (tertiary/aromatic N) is 3. The first-order valence-corrected chi connectivity index (χ1v) is 15.3. The van der Waals surface area contributed by atoms with Gasteiger partial charge in [0.2, 0.25) is 5.91 Å². The molecular formula is C33H42BrN3O4. The van der Waals surface area contributed by atoms with Gasteiger partial charge in [-0.25, -0.2) is 0 Å². The van der Waals surface area contributed by atoms with Crippen LogP contribution in [0.2, 0.25) is 0 Å². The van der Waals surface area contributed by atoms with E-state index in [1.165, 1.54) is 19.1 Å². The lowest BCUT2D eigenvalue weighted by Crippen LogP contribution is -2.48. The van der Waals surface area contributed by atoms with Crippen molar-refractivity contribution < 1.29 is 19.1 Å². The third kappa shape index (κ3) is 8.15. The topological polar surface area (TPSA) is 64.0 Å². The first kappa shape index (κ1) is 30.7. The van der Waals surface area contributed by atoms with Crippen LogP contribution in [0.5, 0.6) is 11.5 Å². The van der Waals surface area contributed by atoms with Crippen LogP contribution in [-0.4, -0.2) is 59.5 Å². The Bertz CT molecular complexity index is 1300. The molecule has 0 radical (unpaired) electrons. The molecule has 1 saturated carbocycles. The quantitative estimate of drug-likeness (QED) is 0.223. The van der Waals surface area contributed by atoms with Crippen molar-refractivity contribution in [3.8, 4) is 11.5 Å². The number of aromatic nitrogens is 1. The lowest BCUT2D eigenvalue weighted by Gasteiger charge is -2.36. The number of rotatable bonds is 12. The van der Waals surface area contributed by atoms with E-state index in [-0.39, 0.29) is 30.3 Å². The lowest BCUT2D eigenvalue weighted by atomic mass is 9.94. The summed E-state index contributed by atoms with van der Waals surface area (Å²) in [5.41, 5.74) is 2.71. The van der Waals surface area contributed by atoms with Crippen molar-refractivity contribution in [1.29, 1.82) is 0 Å². The molecule has 3 aromatic rings. The fraction of sp³-hybridized carbons (Fsp3) is 0.455. The maximum Gasteiger partial charge on any atom is 0.258 e. The Morgan fingerprint density at radius 2 is 1.73 bits per heavy atom. The third-order valence-corrected chi connectivity index (χ3v) is 8.22. The van der Waals surface area contributed by atoms with Crippen LogP contribution in [0.25, 0.3) is 0 Å². The van der Waals surface area contributed by atoms with E-state index >= 15 is 0 Å². The maximum atomic E-state index is 14.1. The SMILES string of the molecule is COc1ccc(C(=O)N(CC(=O)N(Cc2cccn2Cc2ccc(Br)cc2)C2CCCCC2)CC(C)C)c(OC)c1. The summed E-state index contributed by atoms with van der Waals surface area (Å²) in [6.07, 6.45) is 7.49. The van der Waals surface area contributed by atoms with E-state index in [1.54, 1.807) is 30.2 Å². The van der Waals surface area contributed by atoms with Gasteiger partial charge in [-0.3, -0.25) is 9.59 Å². The molecular weight excluding hydrogens is 582 g/mol. The molecule has 0 spiro atoms. The molecule has 0 unspecified atom stereocenters. The Morgan fingerprint density at radius 3 is 2.39 bits per heavy atom. The highest BCUT2D eigenvalue weighted by Crippen LogP contribution is 2.28. The van der Waals surface area contributed by atoms with Gasteiger partial charge in [0.05, 0.1) is 26.3 Å². The molecule has 2 aromatic carbocycles. The molecule has 220 valence electrons. The number of hydrogen-bond donors (Lipinski definition) is 0. The Morgan fingerprint density at radius 1 is 1.00 bits per heavy atom. The van der Waals surface area contributed by atoms with Crippen LogP contribution >= 0.6 is 15.9 Å². The van der Waals surface area contributed by atoms with E-state index in [4.69, 9.17) is 9.47 Å². The lowest BCUT2D eigenvalue weighted by molar-refractivity contribution is -0.135. The van der Waals surface area contributed by atoms with Gasteiger partial charge in [0.25, 0.3) is 5.91 Å². The van der Waals surface area contributed by atoms with Crippen LogP contribution in [0.15, 0.2) is 65.3 Å². The summed E-state index contributed by atoms with van der Waals surface area (Å²) in [5, 5.41) is 0. The predicted octanol–water partition coefficient (Wildman–Crippen LogP) is 6.78. The second kappa shape index (κ2) is 14.6. The summed E-state index contributed by atoms with van der Waals surface area (Å²) in [4.78, 5) is 31.6. The standard InChI is InChI=1S/C33H42BrN3O4/c1-24(2)20-36(33(39)30-17-16-29(40-3)19-31(30)41-4)23-32(38)37(27-9-6-5-7-10-27)22-28-11-8-18-35(28)21-25-12-14-26(34)15-13-25/h8,11-19,24,27H,5-7,9-10,20-23H2,1-4H3. The molecule has 4 rings (SSSR count). The number of hydrogen-bond acceptors (Lipinski definition) is 4. The van der Waals surface area contributed by atoms with Gasteiger partial charge in [-0.1, -0.05) is 61.2 Å². The summed E-state index contributed by atoms with van der Waals surface area (Å²) >= 11 is 3.51. The summed E-state index contributed by atoms with van der Waals surface area (Å²) in [5.74, 6) is 1.01. The largest absolute Gasteiger partial charge is 0.497 e. The highest BCUT2D eigenvalue weighted by atomic mass is 79.9. The average Bonchev–Trinajstić information content (AvgIpc) is 3.42. The Hall–Kier alpha value is -3.26. The molecule has 0 atom stereocenters. The van der Waals surface area contributed by atoms with Crippen molar-refractivity contribution in [2.75, 3.05) is 27.3 Å². The summed E-state index contributed by atoms with van der Waals surface area (Å²) in [6, 6.07) is 17.8. The highest BCUT2D eigenvalue weighted by Gasteiger charge is 2.30. The zero-order valence-corrected chi connectivity index (χ0v) is 26.2. The molecule has 2 amide bonds. The van der Waals surface area contributed by atoms with Gasteiger partial charge in [0.1, 0.15) is 18.0 Å². The van der Waals surface area contributed by atoms with Crippen LogP contribution < -0.4 is 9.47 Å². The molecule has 0 N–H and O–H groups in total. The van der Waals surface area contributed by atoms with Crippen LogP contribution in [-0.2, 0) is 17.9 Å². The minimum atomic E-state index is -0.214. The number of carbonyl (C=O) groups excluding carboxylic acids is 2. The van der Waals surface area contributed by atoms with Crippen molar-refractivity contribution >= 4 is 27.7 Å². The van der Waals surface area contributed by atoms with E-state index in [0.29, 0.717) is 30.2 Å². The van der Waals surface area contributed by atoms with E-state index in [9.17, 15) is 9.59 Å². The smallest absolute Gasteiger partial charge is 0.258 e. The fourth-order valence-corrected chi connectivity index (χ4v) is 5.85. The number of halogens is 1. The van der Waals surface area contributed by atoms with Crippen LogP contribution in [0.1, 0.15) is 67.6 Å². The molecule has 7 nitrogen and oxygen atoms in total. The molecule has 1 fully saturated rings. The van der Waals surface area contributed by atoms with Gasteiger partial charge in [0.15, 0.2) is 0 Å². The first-order chi connectivity index (χ1) is 19.8. The predicted molar refractivity (Wildman–Crippen MR) is 165 cm³/mol. The molecule has 0 aliphatic heterocycles. The number of methoxy groups -OCH3 is 2. The Labute approximate surface area is 252 Å². The number of ether oxygens (including phenoxy) is 2. The van der Waals surface area contributed by atoms with Crippen molar-refractivity contribution in [2.24, 2.45) is 5.92 Å². The third-order valence-electron chi connectivity index (χ3n) is 7.70. The van der Waals surface area contributed by atoms with Gasteiger partial charge >= 0.3 is 0 Å². The van der Waals surface area contributed by atoms with Gasteiger partial charge in [-0.2, -0.15) is 0 Å². The minimum Gasteiger partial charge on any atom is -0.497 e. The van der Waals surface area contributed by atoms with Crippen molar-refractivity contribution in [1.82, 2.24) is 14.4 Å². The van der Waals surface area contributed by atoms with E-state index < -0.39 is 0 Å². The van der Waals surface area contributed by atoms with Crippen LogP contribution in [0, 0.1) is 5.92 Å². The molecule has 8 heteroatoms. The van der Waals surface area contributed by atoms with Crippen LogP contribution in [0.3, 0.4) is 0 Å². The Kier molecular flexibility index (Phi) is 10.9. The molecule has 1 heterocycles. The summed E-state index contributed by atoms with van der Waals surface area (Å²) < 4.78 is 14.1. The van der Waals surface area contributed by atoms with Crippen molar-refractivity contribution in [2.45, 2.75) is 65.1 Å². The van der Waals surface area contributed by atoms with Crippen LogP contribution in [0.4, 0.5) is 0 Å². The molecule has 1 aliphatic carbocycles. The van der Waals surface area contributed by atoms with Gasteiger partial charge in [0, 0.05) is 41.6 Å². The summed E-state index contributed by atoms with van der Waals surface area (Å²) in [6.45, 7) is 5.86. The molecule has 0 saturated heterocycles. The molecule has 1 aliphatic rings. The zero-order chi connectivity index (χ0) is 29.4. The van der Waals surface area contributed by atoms with Crippen molar-refractivity contribution in [3.05, 3.63) is 82.1 Å². The zero-order valence-electron chi connectivity index (χ0n) is 24.6. The monoisotopic (exact) mass is 623 g/mol. The summed E-state index contributed by atoms with van der Waals surface area (Å²) in [7, 11) is 3.12. The normalized spacial score (nSPS) is 13.7. The molecule has 0 bridgehead atoms. The van der Waals surface area contributed by atoms with E-state index in [1.807, 2.05) is 11.0 Å². The Balaban J connectivity index is 1.58. The maximum absolute atomic E-state index is 14.1.